The number of hydrogen-bond acceptors (Lipinski definition) is 5. The normalized spacial score (nSPS) is 24.2. The van der Waals surface area contributed by atoms with Gasteiger partial charge in [0.15, 0.2) is 6.10 Å². The maximum Gasteiger partial charge on any atom is 0.327 e. The molecule has 3 rings (SSSR count). The van der Waals surface area contributed by atoms with Gasteiger partial charge in [-0.2, -0.15) is 0 Å². The Morgan fingerprint density at radius 3 is 2.48 bits per heavy atom. The fourth-order valence-electron chi connectivity index (χ4n) is 4.66. The highest BCUT2D eigenvalue weighted by Crippen LogP contribution is 2.38. The van der Waals surface area contributed by atoms with E-state index in [1.807, 2.05) is 39.8 Å². The zero-order valence-electron chi connectivity index (χ0n) is 18.8. The number of anilines is 1. The molecule has 1 aromatic carbocycles. The van der Waals surface area contributed by atoms with Crippen LogP contribution >= 0.6 is 0 Å². The first-order valence-electron chi connectivity index (χ1n) is 10.8. The second kappa shape index (κ2) is 8.69. The molecule has 0 bridgehead atoms. The summed E-state index contributed by atoms with van der Waals surface area (Å²) in [4.78, 5) is 51.2. The number of carbonyl (C=O) groups is 4. The molecule has 1 saturated carbocycles. The van der Waals surface area contributed by atoms with Crippen LogP contribution in [0.1, 0.15) is 56.2 Å². The average Bonchev–Trinajstić information content (AvgIpc) is 2.91. The Morgan fingerprint density at radius 1 is 1.23 bits per heavy atom. The molecular formula is C23H31N3O5. The maximum atomic E-state index is 13.0. The van der Waals surface area contributed by atoms with Crippen molar-refractivity contribution in [3.63, 3.8) is 0 Å². The number of urea groups is 1. The quantitative estimate of drug-likeness (QED) is 0.553. The van der Waals surface area contributed by atoms with Gasteiger partial charge in [0.2, 0.25) is 0 Å². The van der Waals surface area contributed by atoms with Crippen molar-refractivity contribution in [1.29, 1.82) is 0 Å². The highest BCUT2D eigenvalue weighted by atomic mass is 16.5. The molecule has 0 unspecified atom stereocenters. The van der Waals surface area contributed by atoms with Crippen LogP contribution in [0.3, 0.4) is 0 Å². The third kappa shape index (κ3) is 4.43. The average molecular weight is 430 g/mol. The summed E-state index contributed by atoms with van der Waals surface area (Å²) in [7, 11) is 0. The van der Waals surface area contributed by atoms with Gasteiger partial charge in [-0.3, -0.25) is 19.3 Å². The van der Waals surface area contributed by atoms with E-state index in [-0.39, 0.29) is 11.8 Å². The fraction of sp³-hybridized carbons (Fsp3) is 0.565. The predicted octanol–water partition coefficient (Wildman–Crippen LogP) is 2.98. The molecule has 3 atom stereocenters. The maximum absolute atomic E-state index is 13.0. The van der Waals surface area contributed by atoms with Crippen molar-refractivity contribution >= 4 is 29.5 Å². The summed E-state index contributed by atoms with van der Waals surface area (Å²) in [5.74, 6) is -1.66. The van der Waals surface area contributed by atoms with Crippen LogP contribution in [0, 0.1) is 26.7 Å². The van der Waals surface area contributed by atoms with E-state index in [4.69, 9.17) is 4.74 Å². The Labute approximate surface area is 182 Å². The minimum atomic E-state index is -1.07. The molecule has 2 aliphatic rings. The zero-order chi connectivity index (χ0) is 22.9. The molecule has 2 N–H and O–H groups in total. The Bertz CT molecular complexity index is 905. The second-order valence-corrected chi connectivity index (χ2v) is 8.83. The minimum absolute atomic E-state index is 0.00408. The van der Waals surface area contributed by atoms with Crippen molar-refractivity contribution in [2.24, 2.45) is 5.92 Å². The lowest BCUT2D eigenvalue weighted by atomic mass is 9.73. The molecule has 2 fully saturated rings. The third-order valence-corrected chi connectivity index (χ3v) is 6.39. The smallest absolute Gasteiger partial charge is 0.327 e. The Morgan fingerprint density at radius 2 is 1.87 bits per heavy atom. The van der Waals surface area contributed by atoms with Crippen LogP contribution in [0.15, 0.2) is 12.1 Å². The number of amides is 4. The minimum Gasteiger partial charge on any atom is -0.451 e. The number of esters is 1. The van der Waals surface area contributed by atoms with E-state index in [0.29, 0.717) is 12.1 Å². The zero-order valence-corrected chi connectivity index (χ0v) is 18.8. The van der Waals surface area contributed by atoms with Gasteiger partial charge in [-0.15, -0.1) is 0 Å². The topological polar surface area (TPSA) is 105 Å². The van der Waals surface area contributed by atoms with E-state index in [9.17, 15) is 19.2 Å². The molecule has 4 amide bonds. The molecule has 1 saturated heterocycles. The number of ether oxygens (including phenoxy) is 1. The molecule has 1 aliphatic heterocycles. The van der Waals surface area contributed by atoms with E-state index in [2.05, 4.69) is 10.6 Å². The van der Waals surface area contributed by atoms with Gasteiger partial charge in [0.1, 0.15) is 12.1 Å². The fourth-order valence-corrected chi connectivity index (χ4v) is 4.66. The summed E-state index contributed by atoms with van der Waals surface area (Å²) in [5.41, 5.74) is 2.66. The van der Waals surface area contributed by atoms with E-state index >= 15 is 0 Å². The van der Waals surface area contributed by atoms with Crippen LogP contribution in [0.2, 0.25) is 0 Å². The number of rotatable bonds is 5. The van der Waals surface area contributed by atoms with Crippen molar-refractivity contribution in [1.82, 2.24) is 10.2 Å². The van der Waals surface area contributed by atoms with Gasteiger partial charge >= 0.3 is 12.0 Å². The van der Waals surface area contributed by atoms with Gasteiger partial charge in [-0.25, -0.2) is 4.79 Å². The number of benzene rings is 1. The number of aryl methyl sites for hydroxylation is 3. The number of imide groups is 1. The molecule has 0 aromatic heterocycles. The summed E-state index contributed by atoms with van der Waals surface area (Å²) in [6, 6.07) is 3.33. The number of nitrogens with one attached hydrogen (secondary N) is 2. The van der Waals surface area contributed by atoms with Crippen molar-refractivity contribution in [2.75, 3.05) is 11.9 Å². The van der Waals surface area contributed by atoms with Crippen molar-refractivity contribution in [3.05, 3.63) is 28.8 Å². The van der Waals surface area contributed by atoms with Crippen molar-refractivity contribution < 1.29 is 23.9 Å². The van der Waals surface area contributed by atoms with Gasteiger partial charge in [-0.1, -0.05) is 37.5 Å². The second-order valence-electron chi connectivity index (χ2n) is 8.83. The molecule has 168 valence electrons. The molecule has 1 spiro atoms. The van der Waals surface area contributed by atoms with E-state index in [0.717, 1.165) is 40.9 Å². The van der Waals surface area contributed by atoms with E-state index in [1.165, 1.54) is 6.92 Å². The van der Waals surface area contributed by atoms with Crippen LogP contribution in [-0.4, -0.2) is 46.9 Å². The first-order chi connectivity index (χ1) is 14.5. The standard InChI is InChI=1S/C23H31N3O5/c1-13-10-14(2)19(15(3)11-13)24-20(28)17(5)31-18(27)12-26-21(29)23(25-22(26)30)9-7-6-8-16(23)4/h10-11,16-17H,6-9,12H2,1-5H3,(H,24,28)(H,25,30)/t16-,17-,23-/m0/s1. The number of hydrogen-bond donors (Lipinski definition) is 2. The van der Waals surface area contributed by atoms with Crippen LogP contribution in [0.4, 0.5) is 10.5 Å². The molecule has 1 aromatic rings. The predicted molar refractivity (Wildman–Crippen MR) is 115 cm³/mol. The van der Waals surface area contributed by atoms with Crippen LogP contribution in [-0.2, 0) is 19.1 Å². The Kier molecular flexibility index (Phi) is 6.38. The lowest BCUT2D eigenvalue weighted by Gasteiger charge is -2.36. The third-order valence-electron chi connectivity index (χ3n) is 6.39. The summed E-state index contributed by atoms with van der Waals surface area (Å²) in [6.07, 6.45) is 2.21. The lowest BCUT2D eigenvalue weighted by Crippen LogP contribution is -2.54. The SMILES string of the molecule is Cc1cc(C)c(NC(=O)[C@H](C)OC(=O)CN2C(=O)N[C@]3(CCCC[C@@H]3C)C2=O)c(C)c1. The largest absolute Gasteiger partial charge is 0.451 e. The number of carbonyl (C=O) groups excluding carboxylic acids is 4. The highest BCUT2D eigenvalue weighted by Gasteiger charge is 2.55. The van der Waals surface area contributed by atoms with E-state index in [1.54, 1.807) is 0 Å². The summed E-state index contributed by atoms with van der Waals surface area (Å²) in [5, 5.41) is 5.60. The molecule has 1 aliphatic carbocycles. The molecule has 0 radical (unpaired) electrons. The molecule has 31 heavy (non-hydrogen) atoms. The van der Waals surface area contributed by atoms with Crippen molar-refractivity contribution in [3.8, 4) is 0 Å². The highest BCUT2D eigenvalue weighted by molar-refractivity contribution is 6.09. The lowest BCUT2D eigenvalue weighted by molar-refractivity contribution is -0.155. The first kappa shape index (κ1) is 22.8. The van der Waals surface area contributed by atoms with Gasteiger partial charge in [0.05, 0.1) is 0 Å². The molecular weight excluding hydrogens is 398 g/mol. The number of nitrogens with zero attached hydrogens (tertiary/aromatic N) is 1. The monoisotopic (exact) mass is 429 g/mol. The molecule has 1 heterocycles. The van der Waals surface area contributed by atoms with Crippen LogP contribution in [0.25, 0.3) is 0 Å². The summed E-state index contributed by atoms with van der Waals surface area (Å²) >= 11 is 0. The van der Waals surface area contributed by atoms with Gasteiger partial charge in [0.25, 0.3) is 11.8 Å². The Balaban J connectivity index is 1.61. The Hall–Kier alpha value is -2.90. The van der Waals surface area contributed by atoms with Gasteiger partial charge < -0.3 is 15.4 Å². The summed E-state index contributed by atoms with van der Waals surface area (Å²) in [6.45, 7) is 8.66. The van der Waals surface area contributed by atoms with Crippen LogP contribution < -0.4 is 10.6 Å². The van der Waals surface area contributed by atoms with Gasteiger partial charge in [0, 0.05) is 5.69 Å². The van der Waals surface area contributed by atoms with Crippen molar-refractivity contribution in [2.45, 2.75) is 71.9 Å². The first-order valence-corrected chi connectivity index (χ1v) is 10.8. The van der Waals surface area contributed by atoms with Gasteiger partial charge in [-0.05, 0) is 57.6 Å². The molecule has 8 nitrogen and oxygen atoms in total. The van der Waals surface area contributed by atoms with E-state index < -0.39 is 36.1 Å². The van der Waals surface area contributed by atoms with Crippen LogP contribution in [0.5, 0.6) is 0 Å². The molecule has 8 heteroatoms. The summed E-state index contributed by atoms with van der Waals surface area (Å²) < 4.78 is 5.22.